The molecular weight excluding hydrogens is 210 g/mol. The maximum absolute atomic E-state index is 9.54. The molecule has 0 radical (unpaired) electrons. The van der Waals surface area contributed by atoms with E-state index in [1.165, 1.54) is 12.1 Å². The van der Waals surface area contributed by atoms with Crippen molar-refractivity contribution in [1.29, 1.82) is 5.41 Å². The molecule has 0 unspecified atom stereocenters. The van der Waals surface area contributed by atoms with Crippen molar-refractivity contribution in [3.8, 4) is 11.5 Å². The van der Waals surface area contributed by atoms with Gasteiger partial charge < -0.3 is 15.9 Å². The molecule has 1 aromatic carbocycles. The molecule has 0 aliphatic carbocycles. The topological polar surface area (TPSA) is 132 Å². The number of phenolic OH excluding ortho intramolecular Hbond substituents is 2. The molecule has 0 saturated carbocycles. The van der Waals surface area contributed by atoms with Crippen molar-refractivity contribution in [3.63, 3.8) is 0 Å². The van der Waals surface area contributed by atoms with Crippen LogP contribution in [-0.2, 0) is 0 Å². The molecule has 0 bridgehead atoms. The van der Waals surface area contributed by atoms with Gasteiger partial charge >= 0.3 is 0 Å². The van der Waals surface area contributed by atoms with Crippen molar-refractivity contribution in [3.05, 3.63) is 29.6 Å². The Morgan fingerprint density at radius 2 is 2.12 bits per heavy atom. The summed E-state index contributed by atoms with van der Waals surface area (Å²) in [5, 5.41) is 32.4. The third-order valence-corrected chi connectivity index (χ3v) is 1.99. The number of hydrogen-bond donors (Lipinski definition) is 5. The number of rotatable bonds is 2. The molecule has 7 heteroatoms. The fourth-order valence-corrected chi connectivity index (χ4v) is 1.25. The standard InChI is InChI=1S/C9H9N5O2/c10-7(8-12-9(11)14-13-8)5-2-1-4(15)3-6(5)16/h1-3,10,15-16H,(H3,11,12,13,14). The number of anilines is 1. The van der Waals surface area contributed by atoms with Crippen LogP contribution in [0.4, 0.5) is 5.95 Å². The minimum absolute atomic E-state index is 0.0259. The Balaban J connectivity index is 2.41. The van der Waals surface area contributed by atoms with Crippen LogP contribution in [0.3, 0.4) is 0 Å². The number of phenols is 2. The number of hydrogen-bond acceptors (Lipinski definition) is 6. The van der Waals surface area contributed by atoms with Crippen LogP contribution in [0.25, 0.3) is 0 Å². The van der Waals surface area contributed by atoms with E-state index in [0.29, 0.717) is 0 Å². The lowest BCUT2D eigenvalue weighted by atomic mass is 10.1. The molecule has 0 amide bonds. The molecular formula is C9H9N5O2. The predicted octanol–water partition coefficient (Wildman–Crippen LogP) is 0.214. The van der Waals surface area contributed by atoms with Crippen LogP contribution in [-0.4, -0.2) is 31.1 Å². The second-order valence-electron chi connectivity index (χ2n) is 3.12. The first kappa shape index (κ1) is 9.97. The summed E-state index contributed by atoms with van der Waals surface area (Å²) in [7, 11) is 0. The lowest BCUT2D eigenvalue weighted by Crippen LogP contribution is -2.04. The van der Waals surface area contributed by atoms with E-state index >= 15 is 0 Å². The Bertz CT molecular complexity index is 549. The number of nitrogens with one attached hydrogen (secondary N) is 2. The second kappa shape index (κ2) is 3.54. The minimum atomic E-state index is -0.208. The zero-order valence-electron chi connectivity index (χ0n) is 8.10. The monoisotopic (exact) mass is 219 g/mol. The largest absolute Gasteiger partial charge is 0.508 e. The van der Waals surface area contributed by atoms with Gasteiger partial charge in [0, 0.05) is 11.6 Å². The maximum atomic E-state index is 9.54. The maximum Gasteiger partial charge on any atom is 0.239 e. The highest BCUT2D eigenvalue weighted by Crippen LogP contribution is 2.24. The number of H-pyrrole nitrogens is 1. The number of aromatic nitrogens is 3. The molecule has 82 valence electrons. The molecule has 0 fully saturated rings. The number of nitrogen functional groups attached to an aromatic ring is 1. The van der Waals surface area contributed by atoms with Gasteiger partial charge in [0.15, 0.2) is 5.82 Å². The number of aromatic amines is 1. The molecule has 7 nitrogen and oxygen atoms in total. The van der Waals surface area contributed by atoms with Crippen LogP contribution in [0.2, 0.25) is 0 Å². The molecule has 0 aliphatic heterocycles. The molecule has 0 aliphatic rings. The first-order valence-corrected chi connectivity index (χ1v) is 4.37. The summed E-state index contributed by atoms with van der Waals surface area (Å²) in [5.41, 5.74) is 5.48. The van der Waals surface area contributed by atoms with Crippen LogP contribution >= 0.6 is 0 Å². The molecule has 0 spiro atoms. The van der Waals surface area contributed by atoms with Crippen LogP contribution in [0.15, 0.2) is 18.2 Å². The van der Waals surface area contributed by atoms with E-state index in [-0.39, 0.29) is 34.5 Å². The first-order valence-electron chi connectivity index (χ1n) is 4.37. The Hall–Kier alpha value is -2.57. The van der Waals surface area contributed by atoms with Gasteiger partial charge in [0.05, 0.1) is 0 Å². The highest BCUT2D eigenvalue weighted by atomic mass is 16.3. The molecule has 6 N–H and O–H groups in total. The smallest absolute Gasteiger partial charge is 0.239 e. The highest BCUT2D eigenvalue weighted by molar-refractivity contribution is 6.10. The summed E-state index contributed by atoms with van der Waals surface area (Å²) in [4.78, 5) is 3.76. The second-order valence-corrected chi connectivity index (χ2v) is 3.12. The minimum Gasteiger partial charge on any atom is -0.508 e. The van der Waals surface area contributed by atoms with E-state index in [4.69, 9.17) is 16.2 Å². The van der Waals surface area contributed by atoms with E-state index in [1.54, 1.807) is 0 Å². The van der Waals surface area contributed by atoms with Crippen molar-refractivity contribution in [1.82, 2.24) is 15.2 Å². The summed E-state index contributed by atoms with van der Waals surface area (Å²) >= 11 is 0. The number of aromatic hydroxyl groups is 2. The predicted molar refractivity (Wildman–Crippen MR) is 56.5 cm³/mol. The van der Waals surface area contributed by atoms with Gasteiger partial charge in [-0.15, -0.1) is 5.10 Å². The van der Waals surface area contributed by atoms with Crippen molar-refractivity contribution < 1.29 is 10.2 Å². The third kappa shape index (κ3) is 1.65. The van der Waals surface area contributed by atoms with Gasteiger partial charge in [-0.05, 0) is 12.1 Å². The zero-order valence-corrected chi connectivity index (χ0v) is 8.10. The normalized spacial score (nSPS) is 10.2. The van der Waals surface area contributed by atoms with Gasteiger partial charge in [0.1, 0.15) is 17.2 Å². The average molecular weight is 219 g/mol. The fraction of sp³-hybridized carbons (Fsp3) is 0. The first-order chi connectivity index (χ1) is 7.58. The Labute approximate surface area is 90.1 Å². The summed E-state index contributed by atoms with van der Waals surface area (Å²) < 4.78 is 0. The zero-order chi connectivity index (χ0) is 11.7. The Morgan fingerprint density at radius 1 is 1.38 bits per heavy atom. The number of nitrogens with two attached hydrogens (primary N) is 1. The van der Waals surface area contributed by atoms with Gasteiger partial charge in [0.2, 0.25) is 5.95 Å². The molecule has 2 aromatic rings. The van der Waals surface area contributed by atoms with E-state index < -0.39 is 0 Å². The van der Waals surface area contributed by atoms with E-state index in [0.717, 1.165) is 6.07 Å². The van der Waals surface area contributed by atoms with Crippen LogP contribution in [0, 0.1) is 5.41 Å². The van der Waals surface area contributed by atoms with Crippen molar-refractivity contribution in [2.24, 2.45) is 0 Å². The van der Waals surface area contributed by atoms with Gasteiger partial charge in [0.25, 0.3) is 0 Å². The highest BCUT2D eigenvalue weighted by Gasteiger charge is 2.13. The van der Waals surface area contributed by atoms with E-state index in [1.807, 2.05) is 0 Å². The van der Waals surface area contributed by atoms with E-state index in [9.17, 15) is 5.11 Å². The Kier molecular flexibility index (Phi) is 2.20. The molecule has 1 aromatic heterocycles. The van der Waals surface area contributed by atoms with Crippen molar-refractivity contribution in [2.45, 2.75) is 0 Å². The molecule has 2 rings (SSSR count). The molecule has 1 heterocycles. The van der Waals surface area contributed by atoms with Gasteiger partial charge in [-0.25, -0.2) is 0 Å². The van der Waals surface area contributed by atoms with Crippen molar-refractivity contribution in [2.75, 3.05) is 5.73 Å². The average Bonchev–Trinajstić information content (AvgIpc) is 2.64. The lowest BCUT2D eigenvalue weighted by molar-refractivity contribution is 0.450. The van der Waals surface area contributed by atoms with Gasteiger partial charge in [-0.2, -0.15) is 4.98 Å². The van der Waals surface area contributed by atoms with Crippen LogP contribution < -0.4 is 5.73 Å². The molecule has 0 saturated heterocycles. The van der Waals surface area contributed by atoms with Crippen LogP contribution in [0.1, 0.15) is 11.4 Å². The third-order valence-electron chi connectivity index (χ3n) is 1.99. The quantitative estimate of drug-likeness (QED) is 0.461. The summed E-state index contributed by atoms with van der Waals surface area (Å²) in [6.45, 7) is 0. The summed E-state index contributed by atoms with van der Waals surface area (Å²) in [5.74, 6) is -0.109. The van der Waals surface area contributed by atoms with Gasteiger partial charge in [-0.1, -0.05) is 0 Å². The summed E-state index contributed by atoms with van der Waals surface area (Å²) in [6.07, 6.45) is 0. The fourth-order valence-electron chi connectivity index (χ4n) is 1.25. The lowest BCUT2D eigenvalue weighted by Gasteiger charge is -2.03. The Morgan fingerprint density at radius 3 is 2.69 bits per heavy atom. The van der Waals surface area contributed by atoms with Crippen molar-refractivity contribution >= 4 is 11.7 Å². The van der Waals surface area contributed by atoms with Gasteiger partial charge in [-0.3, -0.25) is 10.5 Å². The summed E-state index contributed by atoms with van der Waals surface area (Å²) in [6, 6.07) is 3.92. The molecule has 0 atom stereocenters. The number of nitrogens with zero attached hydrogens (tertiary/aromatic N) is 2. The van der Waals surface area contributed by atoms with E-state index in [2.05, 4.69) is 15.2 Å². The molecule has 16 heavy (non-hydrogen) atoms. The SMILES string of the molecule is N=C(c1nc(N)n[nH]1)c1ccc(O)cc1O. The van der Waals surface area contributed by atoms with Crippen LogP contribution in [0.5, 0.6) is 11.5 Å². The number of benzene rings is 1.